The molecular weight excluding hydrogens is 294 g/mol. The smallest absolute Gasteiger partial charge is 0.407 e. The van der Waals surface area contributed by atoms with Gasteiger partial charge in [-0.25, -0.2) is 4.79 Å². The third-order valence-electron chi connectivity index (χ3n) is 2.95. The number of carbonyl (C=O) groups is 2. The van der Waals surface area contributed by atoms with Crippen LogP contribution in [0.25, 0.3) is 0 Å². The first kappa shape index (κ1) is 19.0. The Morgan fingerprint density at radius 3 is 2.04 bits per heavy atom. The number of alkyl carbamates (subject to hydrolysis) is 1. The van der Waals surface area contributed by atoms with Crippen molar-refractivity contribution in [3.63, 3.8) is 0 Å². The first-order valence-electron chi connectivity index (χ1n) is 7.75. The Morgan fingerprint density at radius 2 is 1.57 bits per heavy atom. The second kappa shape index (κ2) is 7.49. The Bertz CT molecular complexity index is 536. The van der Waals surface area contributed by atoms with Crippen LogP contribution in [-0.4, -0.2) is 24.2 Å². The normalized spacial score (nSPS) is 11.7. The molecule has 1 aromatic rings. The van der Waals surface area contributed by atoms with E-state index in [1.807, 2.05) is 12.1 Å². The van der Waals surface area contributed by atoms with Gasteiger partial charge in [-0.15, -0.1) is 0 Å². The summed E-state index contributed by atoms with van der Waals surface area (Å²) < 4.78 is 10.3. The van der Waals surface area contributed by atoms with Gasteiger partial charge in [-0.2, -0.15) is 0 Å². The fourth-order valence-electron chi connectivity index (χ4n) is 1.79. The van der Waals surface area contributed by atoms with Crippen LogP contribution in [0.4, 0.5) is 4.79 Å². The van der Waals surface area contributed by atoms with Gasteiger partial charge < -0.3 is 14.8 Å². The van der Waals surface area contributed by atoms with Crippen LogP contribution in [0.15, 0.2) is 24.3 Å². The standard InChI is InChI=1S/C18H27NO4/c1-17(2,3)13-7-9-14(10-8-13)22-15(20)11-12-19-16(21)23-18(4,5)6/h7-10H,11-12H2,1-6H3,(H,19,21). The maximum Gasteiger partial charge on any atom is 0.407 e. The van der Waals surface area contributed by atoms with E-state index in [0.717, 1.165) is 0 Å². The number of esters is 1. The molecule has 1 N–H and O–H groups in total. The molecule has 0 saturated heterocycles. The minimum Gasteiger partial charge on any atom is -0.444 e. The van der Waals surface area contributed by atoms with Gasteiger partial charge in [0.05, 0.1) is 6.42 Å². The van der Waals surface area contributed by atoms with E-state index in [1.54, 1.807) is 32.9 Å². The molecule has 0 saturated carbocycles. The van der Waals surface area contributed by atoms with E-state index in [4.69, 9.17) is 9.47 Å². The molecule has 5 nitrogen and oxygen atoms in total. The van der Waals surface area contributed by atoms with Crippen molar-refractivity contribution in [1.82, 2.24) is 5.32 Å². The molecule has 0 spiro atoms. The highest BCUT2D eigenvalue weighted by atomic mass is 16.6. The molecular formula is C18H27NO4. The molecule has 0 aliphatic rings. The highest BCUT2D eigenvalue weighted by Crippen LogP contribution is 2.24. The third-order valence-corrected chi connectivity index (χ3v) is 2.95. The topological polar surface area (TPSA) is 64.6 Å². The molecule has 0 aliphatic carbocycles. The summed E-state index contributed by atoms with van der Waals surface area (Å²) in [7, 11) is 0. The monoisotopic (exact) mass is 321 g/mol. The molecule has 0 aromatic heterocycles. The lowest BCUT2D eigenvalue weighted by Crippen LogP contribution is -2.34. The SMILES string of the molecule is CC(C)(C)OC(=O)NCCC(=O)Oc1ccc(C(C)(C)C)cc1. The Kier molecular flexibility index (Phi) is 6.19. The number of hydrogen-bond donors (Lipinski definition) is 1. The van der Waals surface area contributed by atoms with Crippen LogP contribution < -0.4 is 10.1 Å². The number of amides is 1. The predicted octanol–water partition coefficient (Wildman–Crippen LogP) is 3.80. The molecule has 1 rings (SSSR count). The van der Waals surface area contributed by atoms with Crippen LogP contribution >= 0.6 is 0 Å². The van der Waals surface area contributed by atoms with Crippen LogP contribution in [0.5, 0.6) is 5.75 Å². The van der Waals surface area contributed by atoms with Crippen molar-refractivity contribution >= 4 is 12.1 Å². The van der Waals surface area contributed by atoms with Gasteiger partial charge in [-0.1, -0.05) is 32.9 Å². The Labute approximate surface area is 138 Å². The summed E-state index contributed by atoms with van der Waals surface area (Å²) in [6.45, 7) is 11.9. The molecule has 1 amide bonds. The Balaban J connectivity index is 2.38. The lowest BCUT2D eigenvalue weighted by molar-refractivity contribution is -0.134. The maximum absolute atomic E-state index is 11.7. The van der Waals surface area contributed by atoms with E-state index < -0.39 is 17.7 Å². The molecule has 0 fully saturated rings. The van der Waals surface area contributed by atoms with Crippen molar-refractivity contribution in [2.24, 2.45) is 0 Å². The van der Waals surface area contributed by atoms with E-state index in [2.05, 4.69) is 26.1 Å². The number of ether oxygens (including phenoxy) is 2. The lowest BCUT2D eigenvalue weighted by atomic mass is 9.87. The van der Waals surface area contributed by atoms with Gasteiger partial charge in [0.2, 0.25) is 0 Å². The van der Waals surface area contributed by atoms with Crippen LogP contribution in [0.2, 0.25) is 0 Å². The van der Waals surface area contributed by atoms with E-state index in [-0.39, 0.29) is 18.4 Å². The number of nitrogens with one attached hydrogen (secondary N) is 1. The molecule has 0 bridgehead atoms. The molecule has 23 heavy (non-hydrogen) atoms. The second-order valence-electron chi connectivity index (χ2n) is 7.43. The van der Waals surface area contributed by atoms with Gasteiger partial charge in [0.25, 0.3) is 0 Å². The molecule has 0 unspecified atom stereocenters. The largest absolute Gasteiger partial charge is 0.444 e. The summed E-state index contributed by atoms with van der Waals surface area (Å²) in [4.78, 5) is 23.2. The highest BCUT2D eigenvalue weighted by Gasteiger charge is 2.16. The fourth-order valence-corrected chi connectivity index (χ4v) is 1.79. The van der Waals surface area contributed by atoms with Gasteiger partial charge in [-0.05, 0) is 43.9 Å². The molecule has 1 aromatic carbocycles. The molecule has 0 aliphatic heterocycles. The summed E-state index contributed by atoms with van der Waals surface area (Å²) in [6.07, 6.45) is -0.458. The molecule has 0 heterocycles. The summed E-state index contributed by atoms with van der Waals surface area (Å²) in [6, 6.07) is 7.45. The summed E-state index contributed by atoms with van der Waals surface area (Å²) in [5.74, 6) is 0.102. The van der Waals surface area contributed by atoms with Gasteiger partial charge in [-0.3, -0.25) is 4.79 Å². The molecule has 0 radical (unpaired) electrons. The maximum atomic E-state index is 11.7. The number of hydrogen-bond acceptors (Lipinski definition) is 4. The van der Waals surface area contributed by atoms with Crippen molar-refractivity contribution in [1.29, 1.82) is 0 Å². The molecule has 5 heteroatoms. The van der Waals surface area contributed by atoms with Crippen LogP contribution in [0.3, 0.4) is 0 Å². The van der Waals surface area contributed by atoms with Crippen molar-refractivity contribution < 1.29 is 19.1 Å². The summed E-state index contributed by atoms with van der Waals surface area (Å²) in [5, 5.41) is 2.52. The summed E-state index contributed by atoms with van der Waals surface area (Å²) >= 11 is 0. The zero-order valence-corrected chi connectivity index (χ0v) is 14.9. The van der Waals surface area contributed by atoms with Crippen LogP contribution in [-0.2, 0) is 14.9 Å². The minimum absolute atomic E-state index is 0.0554. The van der Waals surface area contributed by atoms with E-state index >= 15 is 0 Å². The predicted molar refractivity (Wildman–Crippen MR) is 89.6 cm³/mol. The first-order valence-corrected chi connectivity index (χ1v) is 7.75. The average Bonchev–Trinajstić information content (AvgIpc) is 2.36. The number of carbonyl (C=O) groups excluding carboxylic acids is 2. The summed E-state index contributed by atoms with van der Waals surface area (Å²) in [5.41, 5.74) is 0.670. The Hall–Kier alpha value is -2.04. The average molecular weight is 321 g/mol. The van der Waals surface area contributed by atoms with Crippen molar-refractivity contribution in [3.8, 4) is 5.75 Å². The first-order chi connectivity index (χ1) is 10.5. The molecule has 128 valence electrons. The quantitative estimate of drug-likeness (QED) is 0.676. The van der Waals surface area contributed by atoms with Crippen molar-refractivity contribution in [2.45, 2.75) is 59.0 Å². The zero-order chi connectivity index (χ0) is 17.7. The van der Waals surface area contributed by atoms with E-state index in [0.29, 0.717) is 5.75 Å². The highest BCUT2D eigenvalue weighted by molar-refractivity contribution is 5.74. The van der Waals surface area contributed by atoms with Gasteiger partial charge in [0, 0.05) is 6.54 Å². The van der Waals surface area contributed by atoms with Gasteiger partial charge >= 0.3 is 12.1 Å². The fraction of sp³-hybridized carbons (Fsp3) is 0.556. The zero-order valence-electron chi connectivity index (χ0n) is 14.9. The molecule has 0 atom stereocenters. The van der Waals surface area contributed by atoms with E-state index in [1.165, 1.54) is 5.56 Å². The van der Waals surface area contributed by atoms with Crippen LogP contribution in [0, 0.1) is 0 Å². The van der Waals surface area contributed by atoms with Gasteiger partial charge in [0.15, 0.2) is 0 Å². The lowest BCUT2D eigenvalue weighted by Gasteiger charge is -2.19. The van der Waals surface area contributed by atoms with E-state index in [9.17, 15) is 9.59 Å². The third kappa shape index (κ3) is 7.68. The number of benzene rings is 1. The van der Waals surface area contributed by atoms with Crippen LogP contribution in [0.1, 0.15) is 53.5 Å². The number of rotatable bonds is 4. The second-order valence-corrected chi connectivity index (χ2v) is 7.43. The van der Waals surface area contributed by atoms with Gasteiger partial charge in [0.1, 0.15) is 11.4 Å². The minimum atomic E-state index is -0.556. The van der Waals surface area contributed by atoms with Crippen molar-refractivity contribution in [3.05, 3.63) is 29.8 Å². The van der Waals surface area contributed by atoms with Crippen molar-refractivity contribution in [2.75, 3.05) is 6.54 Å². The Morgan fingerprint density at radius 1 is 1.00 bits per heavy atom.